The Kier molecular flexibility index (Phi) is 4.19. The molecular formula is C12H24N2O2. The van der Waals surface area contributed by atoms with Crippen LogP contribution < -0.4 is 5.32 Å². The molecule has 0 aromatic carbocycles. The summed E-state index contributed by atoms with van der Waals surface area (Å²) in [5, 5.41) is 3.33. The summed E-state index contributed by atoms with van der Waals surface area (Å²) >= 11 is 0. The summed E-state index contributed by atoms with van der Waals surface area (Å²) in [7, 11) is 0. The Bertz CT molecular complexity index is 248. The van der Waals surface area contributed by atoms with Gasteiger partial charge in [0.05, 0.1) is 0 Å². The number of nitrogens with one attached hydrogen (secondary N) is 1. The summed E-state index contributed by atoms with van der Waals surface area (Å²) in [5.74, 6) is 0. The predicted octanol–water partition coefficient (Wildman–Crippen LogP) is 1.99. The fourth-order valence-corrected chi connectivity index (χ4v) is 2.00. The van der Waals surface area contributed by atoms with Crippen LogP contribution in [0, 0.1) is 0 Å². The first-order valence-electron chi connectivity index (χ1n) is 6.07. The number of amides is 1. The lowest BCUT2D eigenvalue weighted by Crippen LogP contribution is -2.58. The molecule has 1 fully saturated rings. The van der Waals surface area contributed by atoms with E-state index >= 15 is 0 Å². The molecule has 0 aromatic rings. The predicted molar refractivity (Wildman–Crippen MR) is 64.5 cm³/mol. The summed E-state index contributed by atoms with van der Waals surface area (Å²) in [6.45, 7) is 11.6. The van der Waals surface area contributed by atoms with Gasteiger partial charge in [-0.25, -0.2) is 4.79 Å². The van der Waals surface area contributed by atoms with Gasteiger partial charge in [-0.1, -0.05) is 6.92 Å². The quantitative estimate of drug-likeness (QED) is 0.746. The highest BCUT2D eigenvalue weighted by atomic mass is 16.6. The number of carbonyl (C=O) groups is 1. The van der Waals surface area contributed by atoms with Crippen LogP contribution in [0.4, 0.5) is 4.79 Å². The van der Waals surface area contributed by atoms with E-state index in [0.717, 1.165) is 19.5 Å². The van der Waals surface area contributed by atoms with E-state index in [2.05, 4.69) is 19.2 Å². The minimum Gasteiger partial charge on any atom is -0.444 e. The Balaban J connectivity index is 2.70. The molecule has 16 heavy (non-hydrogen) atoms. The zero-order chi connectivity index (χ0) is 12.3. The van der Waals surface area contributed by atoms with E-state index in [1.54, 1.807) is 0 Å². The summed E-state index contributed by atoms with van der Waals surface area (Å²) in [6.07, 6.45) is 0.768. The first kappa shape index (κ1) is 13.3. The first-order chi connectivity index (χ1) is 7.35. The second kappa shape index (κ2) is 5.04. The molecule has 0 saturated carbocycles. The molecule has 1 saturated heterocycles. The smallest absolute Gasteiger partial charge is 0.410 e. The fourth-order valence-electron chi connectivity index (χ4n) is 2.00. The summed E-state index contributed by atoms with van der Waals surface area (Å²) in [5.41, 5.74) is -0.417. The Labute approximate surface area is 98.3 Å². The highest BCUT2D eigenvalue weighted by molar-refractivity contribution is 5.69. The summed E-state index contributed by atoms with van der Waals surface area (Å²) in [6, 6.07) is 0.451. The van der Waals surface area contributed by atoms with Crippen molar-refractivity contribution >= 4 is 6.09 Å². The molecule has 94 valence electrons. The SMILES string of the molecule is CCC1CNC[C@H](C)N1C(=O)OC(C)(C)C. The number of ether oxygens (including phenoxy) is 1. The van der Waals surface area contributed by atoms with Crippen LogP contribution in [0.3, 0.4) is 0 Å². The van der Waals surface area contributed by atoms with Crippen molar-refractivity contribution in [2.24, 2.45) is 0 Å². The second-order valence-electron chi connectivity index (χ2n) is 5.46. The van der Waals surface area contributed by atoms with Gasteiger partial charge in [-0.2, -0.15) is 0 Å². The van der Waals surface area contributed by atoms with Gasteiger partial charge in [0.15, 0.2) is 0 Å². The monoisotopic (exact) mass is 228 g/mol. The molecule has 1 rings (SSSR count). The van der Waals surface area contributed by atoms with Crippen molar-refractivity contribution < 1.29 is 9.53 Å². The Morgan fingerprint density at radius 3 is 2.56 bits per heavy atom. The topological polar surface area (TPSA) is 41.6 Å². The van der Waals surface area contributed by atoms with Crippen molar-refractivity contribution in [1.29, 1.82) is 0 Å². The average Bonchev–Trinajstić information content (AvgIpc) is 2.14. The average molecular weight is 228 g/mol. The van der Waals surface area contributed by atoms with Crippen LogP contribution in [0.1, 0.15) is 41.0 Å². The third kappa shape index (κ3) is 3.37. The maximum atomic E-state index is 12.1. The molecular weight excluding hydrogens is 204 g/mol. The molecule has 0 spiro atoms. The summed E-state index contributed by atoms with van der Waals surface area (Å²) in [4.78, 5) is 13.9. The molecule has 1 N–H and O–H groups in total. The van der Waals surface area contributed by atoms with Gasteiger partial charge >= 0.3 is 6.09 Å². The molecule has 0 bridgehead atoms. The van der Waals surface area contributed by atoms with Gasteiger partial charge in [0.25, 0.3) is 0 Å². The molecule has 0 aromatic heterocycles. The van der Waals surface area contributed by atoms with E-state index in [4.69, 9.17) is 4.74 Å². The highest BCUT2D eigenvalue weighted by Gasteiger charge is 2.33. The Morgan fingerprint density at radius 1 is 1.44 bits per heavy atom. The van der Waals surface area contributed by atoms with Crippen LogP contribution in [-0.2, 0) is 4.74 Å². The summed E-state index contributed by atoms with van der Waals surface area (Å²) < 4.78 is 5.44. The third-order valence-corrected chi connectivity index (χ3v) is 2.76. The van der Waals surface area contributed by atoms with Crippen LogP contribution in [0.25, 0.3) is 0 Å². The van der Waals surface area contributed by atoms with E-state index in [-0.39, 0.29) is 18.2 Å². The first-order valence-corrected chi connectivity index (χ1v) is 6.07. The van der Waals surface area contributed by atoms with Crippen molar-refractivity contribution in [3.8, 4) is 0 Å². The number of carbonyl (C=O) groups excluding carboxylic acids is 1. The normalized spacial score (nSPS) is 26.7. The second-order valence-corrected chi connectivity index (χ2v) is 5.46. The largest absolute Gasteiger partial charge is 0.444 e. The molecule has 2 atom stereocenters. The Morgan fingerprint density at radius 2 is 2.06 bits per heavy atom. The van der Waals surface area contributed by atoms with E-state index in [1.165, 1.54) is 0 Å². The van der Waals surface area contributed by atoms with Crippen molar-refractivity contribution in [3.05, 3.63) is 0 Å². The van der Waals surface area contributed by atoms with Gasteiger partial charge in [0.1, 0.15) is 5.60 Å². The standard InChI is InChI=1S/C12H24N2O2/c1-6-10-8-13-7-9(2)14(10)11(15)16-12(3,4)5/h9-10,13H,6-8H2,1-5H3/t9-,10?/m0/s1. The number of hydrogen-bond donors (Lipinski definition) is 1. The Hall–Kier alpha value is -0.770. The zero-order valence-electron chi connectivity index (χ0n) is 11.0. The van der Waals surface area contributed by atoms with Gasteiger partial charge < -0.3 is 10.1 Å². The van der Waals surface area contributed by atoms with Gasteiger partial charge in [0.2, 0.25) is 0 Å². The van der Waals surface area contributed by atoms with Crippen LogP contribution >= 0.6 is 0 Å². The van der Waals surface area contributed by atoms with E-state index in [0.29, 0.717) is 0 Å². The number of rotatable bonds is 1. The highest BCUT2D eigenvalue weighted by Crippen LogP contribution is 2.18. The molecule has 1 heterocycles. The van der Waals surface area contributed by atoms with Crippen LogP contribution in [0.5, 0.6) is 0 Å². The maximum absolute atomic E-state index is 12.1. The van der Waals surface area contributed by atoms with Crippen molar-refractivity contribution in [2.75, 3.05) is 13.1 Å². The lowest BCUT2D eigenvalue weighted by atomic mass is 10.1. The molecule has 1 unspecified atom stereocenters. The van der Waals surface area contributed by atoms with Crippen LogP contribution in [0.2, 0.25) is 0 Å². The molecule has 1 amide bonds. The third-order valence-electron chi connectivity index (χ3n) is 2.76. The van der Waals surface area contributed by atoms with Gasteiger partial charge in [-0.05, 0) is 34.1 Å². The lowest BCUT2D eigenvalue weighted by Gasteiger charge is -2.41. The maximum Gasteiger partial charge on any atom is 0.410 e. The van der Waals surface area contributed by atoms with Gasteiger partial charge in [0, 0.05) is 25.2 Å². The molecule has 1 aliphatic heterocycles. The molecule has 1 aliphatic rings. The van der Waals surface area contributed by atoms with Crippen molar-refractivity contribution in [2.45, 2.75) is 58.7 Å². The number of hydrogen-bond acceptors (Lipinski definition) is 3. The number of piperazine rings is 1. The number of nitrogens with zero attached hydrogens (tertiary/aromatic N) is 1. The van der Waals surface area contributed by atoms with Crippen molar-refractivity contribution in [3.63, 3.8) is 0 Å². The van der Waals surface area contributed by atoms with Crippen molar-refractivity contribution in [1.82, 2.24) is 10.2 Å². The van der Waals surface area contributed by atoms with E-state index in [1.807, 2.05) is 25.7 Å². The lowest BCUT2D eigenvalue weighted by molar-refractivity contribution is 0.0000782. The van der Waals surface area contributed by atoms with Crippen LogP contribution in [-0.4, -0.2) is 41.8 Å². The van der Waals surface area contributed by atoms with E-state index < -0.39 is 5.60 Å². The minimum atomic E-state index is -0.417. The van der Waals surface area contributed by atoms with Gasteiger partial charge in [-0.15, -0.1) is 0 Å². The minimum absolute atomic E-state index is 0.187. The molecule has 0 aliphatic carbocycles. The molecule has 4 nitrogen and oxygen atoms in total. The molecule has 4 heteroatoms. The van der Waals surface area contributed by atoms with Gasteiger partial charge in [-0.3, -0.25) is 4.90 Å². The fraction of sp³-hybridized carbons (Fsp3) is 0.917. The van der Waals surface area contributed by atoms with E-state index in [9.17, 15) is 4.79 Å². The van der Waals surface area contributed by atoms with Crippen LogP contribution in [0.15, 0.2) is 0 Å². The zero-order valence-corrected chi connectivity index (χ0v) is 11.0. The molecule has 0 radical (unpaired) electrons.